The first-order valence-corrected chi connectivity index (χ1v) is 6.15. The number of benzene rings is 1. The van der Waals surface area contributed by atoms with Crippen molar-refractivity contribution in [2.75, 3.05) is 0 Å². The van der Waals surface area contributed by atoms with Crippen LogP contribution in [-0.4, -0.2) is 11.2 Å². The largest absolute Gasteiger partial charge is 0.461 e. The summed E-state index contributed by atoms with van der Waals surface area (Å²) < 4.78 is 11.4. The van der Waals surface area contributed by atoms with E-state index in [0.717, 1.165) is 39.0 Å². The quantitative estimate of drug-likeness (QED) is 0.747. The van der Waals surface area contributed by atoms with Crippen LogP contribution in [0.5, 0.6) is 0 Å². The minimum absolute atomic E-state index is 0.403. The number of aryl methyl sites for hydroxylation is 2. The minimum atomic E-state index is -0.403. The van der Waals surface area contributed by atoms with Gasteiger partial charge in [-0.2, -0.15) is 0 Å². The number of hydrogen-bond acceptors (Lipinski definition) is 3. The van der Waals surface area contributed by atoms with Crippen molar-refractivity contribution >= 4 is 21.9 Å². The zero-order valence-electron chi connectivity index (χ0n) is 10.8. The third-order valence-electron chi connectivity index (χ3n) is 3.15. The highest BCUT2D eigenvalue weighted by Gasteiger charge is 2.16. The van der Waals surface area contributed by atoms with Crippen molar-refractivity contribution in [3.8, 4) is 0 Å². The summed E-state index contributed by atoms with van der Waals surface area (Å²) >= 11 is 0. The van der Waals surface area contributed by atoms with Crippen molar-refractivity contribution in [3.63, 3.8) is 0 Å². The number of furan rings is 2. The second-order valence-corrected chi connectivity index (χ2v) is 4.95. The van der Waals surface area contributed by atoms with Gasteiger partial charge in [0.15, 0.2) is 0 Å². The summed E-state index contributed by atoms with van der Waals surface area (Å²) in [4.78, 5) is 0. The van der Waals surface area contributed by atoms with Gasteiger partial charge in [0.25, 0.3) is 0 Å². The van der Waals surface area contributed by atoms with E-state index >= 15 is 0 Å². The van der Waals surface area contributed by atoms with Gasteiger partial charge in [-0.1, -0.05) is 0 Å². The molecule has 0 saturated heterocycles. The zero-order chi connectivity index (χ0) is 12.9. The number of aliphatic hydroxyl groups is 1. The van der Waals surface area contributed by atoms with Crippen molar-refractivity contribution in [2.24, 2.45) is 0 Å². The number of rotatable bonds is 2. The lowest BCUT2D eigenvalue weighted by Gasteiger charge is -2.06. The molecule has 1 atom stereocenters. The summed E-state index contributed by atoms with van der Waals surface area (Å²) in [5.74, 6) is 1.75. The van der Waals surface area contributed by atoms with Gasteiger partial charge in [0.05, 0.1) is 6.10 Å². The fraction of sp³-hybridized carbons (Fsp3) is 0.333. The average Bonchev–Trinajstić information content (AvgIpc) is 2.79. The molecule has 0 aliphatic heterocycles. The maximum absolute atomic E-state index is 9.67. The molecule has 3 heteroatoms. The monoisotopic (exact) mass is 244 g/mol. The Hall–Kier alpha value is -1.74. The Balaban J connectivity index is 2.39. The second kappa shape index (κ2) is 3.89. The molecule has 1 aromatic carbocycles. The summed E-state index contributed by atoms with van der Waals surface area (Å²) in [5.41, 5.74) is 2.75. The third kappa shape index (κ3) is 1.71. The first-order chi connectivity index (χ1) is 8.54. The van der Waals surface area contributed by atoms with E-state index in [2.05, 4.69) is 0 Å². The van der Waals surface area contributed by atoms with E-state index in [1.165, 1.54) is 0 Å². The lowest BCUT2D eigenvalue weighted by Crippen LogP contribution is -2.04. The molecule has 0 radical (unpaired) electrons. The van der Waals surface area contributed by atoms with E-state index in [0.29, 0.717) is 6.42 Å². The molecule has 1 unspecified atom stereocenters. The zero-order valence-corrected chi connectivity index (χ0v) is 10.8. The highest BCUT2D eigenvalue weighted by atomic mass is 16.3. The summed E-state index contributed by atoms with van der Waals surface area (Å²) in [5, 5.41) is 11.7. The van der Waals surface area contributed by atoms with Crippen molar-refractivity contribution in [3.05, 3.63) is 35.3 Å². The lowest BCUT2D eigenvalue weighted by atomic mass is 10.0. The van der Waals surface area contributed by atoms with Gasteiger partial charge in [0.2, 0.25) is 0 Å². The van der Waals surface area contributed by atoms with Crippen LogP contribution in [0, 0.1) is 13.8 Å². The molecule has 0 fully saturated rings. The Bertz CT molecular complexity index is 661. The van der Waals surface area contributed by atoms with Crippen molar-refractivity contribution in [1.29, 1.82) is 0 Å². The van der Waals surface area contributed by atoms with Crippen LogP contribution < -0.4 is 0 Å². The molecular formula is C15H16O3. The van der Waals surface area contributed by atoms with E-state index < -0.39 is 6.10 Å². The van der Waals surface area contributed by atoms with Crippen LogP contribution in [0.2, 0.25) is 0 Å². The number of hydrogen-bond donors (Lipinski definition) is 1. The number of aliphatic hydroxyl groups excluding tert-OH is 1. The third-order valence-corrected chi connectivity index (χ3v) is 3.15. The van der Waals surface area contributed by atoms with E-state index in [4.69, 9.17) is 8.83 Å². The molecule has 2 heterocycles. The van der Waals surface area contributed by atoms with E-state index in [1.54, 1.807) is 6.92 Å². The summed E-state index contributed by atoms with van der Waals surface area (Å²) in [6, 6.07) is 6.00. The SMILES string of the molecule is Cc1cc2c(CC(C)O)c3oc(C)cc3cc2o1. The smallest absolute Gasteiger partial charge is 0.138 e. The van der Waals surface area contributed by atoms with Crippen LogP contribution >= 0.6 is 0 Å². The fourth-order valence-corrected chi connectivity index (χ4v) is 2.51. The van der Waals surface area contributed by atoms with Crippen molar-refractivity contribution in [2.45, 2.75) is 33.3 Å². The minimum Gasteiger partial charge on any atom is -0.461 e. The molecule has 0 bridgehead atoms. The van der Waals surface area contributed by atoms with Gasteiger partial charge in [-0.15, -0.1) is 0 Å². The fourth-order valence-electron chi connectivity index (χ4n) is 2.51. The highest BCUT2D eigenvalue weighted by Crippen LogP contribution is 2.33. The van der Waals surface area contributed by atoms with Gasteiger partial charge in [-0.25, -0.2) is 0 Å². The van der Waals surface area contributed by atoms with E-state index in [-0.39, 0.29) is 0 Å². The topological polar surface area (TPSA) is 46.5 Å². The number of fused-ring (bicyclic) bond motifs is 2. The summed E-state index contributed by atoms with van der Waals surface area (Å²) in [6.45, 7) is 5.64. The predicted octanol–water partition coefficient (Wildman–Crippen LogP) is 3.72. The molecule has 0 amide bonds. The first kappa shape index (κ1) is 11.4. The van der Waals surface area contributed by atoms with E-state index in [1.807, 2.05) is 32.0 Å². The first-order valence-electron chi connectivity index (χ1n) is 6.15. The van der Waals surface area contributed by atoms with Crippen LogP contribution in [-0.2, 0) is 6.42 Å². The maximum atomic E-state index is 9.67. The van der Waals surface area contributed by atoms with Gasteiger partial charge in [-0.05, 0) is 39.0 Å². The highest BCUT2D eigenvalue weighted by molar-refractivity contribution is 5.98. The lowest BCUT2D eigenvalue weighted by molar-refractivity contribution is 0.196. The van der Waals surface area contributed by atoms with Crippen LogP contribution in [0.1, 0.15) is 24.0 Å². The van der Waals surface area contributed by atoms with Gasteiger partial charge in [0, 0.05) is 22.8 Å². The Kier molecular flexibility index (Phi) is 2.45. The maximum Gasteiger partial charge on any atom is 0.138 e. The Labute approximate surface area is 105 Å². The Morgan fingerprint density at radius 2 is 1.83 bits per heavy atom. The van der Waals surface area contributed by atoms with Crippen molar-refractivity contribution in [1.82, 2.24) is 0 Å². The molecule has 0 aliphatic rings. The average molecular weight is 244 g/mol. The molecule has 18 heavy (non-hydrogen) atoms. The normalized spacial score (nSPS) is 13.6. The van der Waals surface area contributed by atoms with Crippen LogP contribution in [0.4, 0.5) is 0 Å². The molecule has 1 N–H and O–H groups in total. The molecule has 0 saturated carbocycles. The molecule has 0 aliphatic carbocycles. The molecule has 2 aromatic heterocycles. The van der Waals surface area contributed by atoms with E-state index in [9.17, 15) is 5.11 Å². The molecular weight excluding hydrogens is 228 g/mol. The Morgan fingerprint density at radius 1 is 1.11 bits per heavy atom. The van der Waals surface area contributed by atoms with Gasteiger partial charge >= 0.3 is 0 Å². The molecule has 3 rings (SSSR count). The van der Waals surface area contributed by atoms with Gasteiger partial charge < -0.3 is 13.9 Å². The second-order valence-electron chi connectivity index (χ2n) is 4.95. The molecule has 94 valence electrons. The van der Waals surface area contributed by atoms with Crippen LogP contribution in [0.3, 0.4) is 0 Å². The van der Waals surface area contributed by atoms with Gasteiger partial charge in [-0.3, -0.25) is 0 Å². The van der Waals surface area contributed by atoms with Crippen LogP contribution in [0.25, 0.3) is 21.9 Å². The van der Waals surface area contributed by atoms with Gasteiger partial charge in [0.1, 0.15) is 22.7 Å². The molecule has 0 spiro atoms. The standard InChI is InChI=1S/C15H16O3/c1-8(16)4-13-12-6-10(3)17-14(12)7-11-5-9(2)18-15(11)13/h5-8,16H,4H2,1-3H3. The molecule has 3 nitrogen and oxygen atoms in total. The van der Waals surface area contributed by atoms with Crippen LogP contribution in [0.15, 0.2) is 27.0 Å². The Morgan fingerprint density at radius 3 is 2.56 bits per heavy atom. The predicted molar refractivity (Wildman–Crippen MR) is 70.8 cm³/mol. The molecule has 3 aromatic rings. The van der Waals surface area contributed by atoms with Crippen molar-refractivity contribution < 1.29 is 13.9 Å². The summed E-state index contributed by atoms with van der Waals surface area (Å²) in [6.07, 6.45) is 0.166. The summed E-state index contributed by atoms with van der Waals surface area (Å²) in [7, 11) is 0.